The molecule has 0 aliphatic heterocycles. The van der Waals surface area contributed by atoms with Gasteiger partial charge >= 0.3 is 0 Å². The first-order valence-corrected chi connectivity index (χ1v) is 5.76. The van der Waals surface area contributed by atoms with Crippen molar-refractivity contribution < 1.29 is 0 Å². The van der Waals surface area contributed by atoms with Crippen molar-refractivity contribution >= 4 is 52.7 Å². The summed E-state index contributed by atoms with van der Waals surface area (Å²) in [5, 5.41) is 0. The molecule has 26 valence electrons. The molecular weight excluding hydrogens is 298 g/mol. The minimum atomic E-state index is 1.19. The Balaban J connectivity index is 1.97. The third-order valence-corrected chi connectivity index (χ3v) is 5.57. The van der Waals surface area contributed by atoms with Crippen molar-refractivity contribution in [2.45, 2.75) is 0 Å². The van der Waals surface area contributed by atoms with Crippen LogP contribution in [0.3, 0.4) is 0 Å². The van der Waals surface area contributed by atoms with Crippen molar-refractivity contribution in [2.24, 2.45) is 0 Å². The average Bonchev–Trinajstić information content (AvgIpc) is 1.37. The molecule has 0 aromatic heterocycles. The standard InChI is InChI=1S/CH2I2S/c2-1-4-3/h1H2. The van der Waals surface area contributed by atoms with Gasteiger partial charge in [-0.3, -0.25) is 0 Å². The van der Waals surface area contributed by atoms with Gasteiger partial charge in [0.25, 0.3) is 0 Å². The van der Waals surface area contributed by atoms with E-state index in [4.69, 9.17) is 0 Å². The van der Waals surface area contributed by atoms with Crippen LogP contribution in [0, 0.1) is 0 Å². The fourth-order valence-electron chi connectivity index (χ4n) is 0. The Bertz CT molecular complexity index is 8.00. The average molecular weight is 300 g/mol. The molecule has 0 aliphatic rings. The van der Waals surface area contributed by atoms with Crippen LogP contribution >= 0.6 is 52.7 Å². The maximum atomic E-state index is 2.31. The van der Waals surface area contributed by atoms with Gasteiger partial charge < -0.3 is 0 Å². The van der Waals surface area contributed by atoms with E-state index in [-0.39, 0.29) is 0 Å². The number of alkyl halides is 1. The van der Waals surface area contributed by atoms with Crippen molar-refractivity contribution in [1.82, 2.24) is 0 Å². The smallest absolute Gasteiger partial charge is 0.0554 e. The van der Waals surface area contributed by atoms with Gasteiger partial charge in [0.2, 0.25) is 0 Å². The fraction of sp³-hybridized carbons (Fsp3) is 1.00. The van der Waals surface area contributed by atoms with Gasteiger partial charge in [0.1, 0.15) is 0 Å². The second-order valence-electron chi connectivity index (χ2n) is 0.218. The van der Waals surface area contributed by atoms with Gasteiger partial charge in [-0.25, -0.2) is 0 Å². The number of rotatable bonds is 1. The Kier molecular flexibility index (Phi) is 6.99. The van der Waals surface area contributed by atoms with E-state index in [2.05, 4.69) is 43.8 Å². The molecule has 0 heterocycles. The number of halogens is 2. The van der Waals surface area contributed by atoms with Crippen molar-refractivity contribution in [3.63, 3.8) is 0 Å². The van der Waals surface area contributed by atoms with E-state index < -0.39 is 0 Å². The molecular formula is CH2I2S. The van der Waals surface area contributed by atoms with Crippen molar-refractivity contribution in [3.05, 3.63) is 0 Å². The second-order valence-corrected chi connectivity index (χ2v) is 4.39. The molecule has 0 aliphatic carbocycles. The van der Waals surface area contributed by atoms with Crippen LogP contribution in [-0.2, 0) is 0 Å². The first-order valence-electron chi connectivity index (χ1n) is 0.710. The molecule has 3 heteroatoms. The molecule has 0 aromatic carbocycles. The predicted molar refractivity (Wildman–Crippen MR) is 40.5 cm³/mol. The van der Waals surface area contributed by atoms with Gasteiger partial charge in [-0.15, -0.1) is 0 Å². The lowest BCUT2D eigenvalue weighted by Crippen LogP contribution is -1.32. The maximum Gasteiger partial charge on any atom is 0.0554 e. The van der Waals surface area contributed by atoms with Crippen molar-refractivity contribution in [1.29, 1.82) is 0 Å². The lowest BCUT2D eigenvalue weighted by atomic mass is 12.0. The summed E-state index contributed by atoms with van der Waals surface area (Å²) < 4.78 is 1.19. The minimum Gasteiger partial charge on any atom is -0.0786 e. The molecule has 0 saturated heterocycles. The molecule has 0 radical (unpaired) electrons. The lowest BCUT2D eigenvalue weighted by molar-refractivity contribution is 2.47. The Hall–Kier alpha value is 1.81. The Morgan fingerprint density at radius 3 is 2.00 bits per heavy atom. The van der Waals surface area contributed by atoms with Crippen molar-refractivity contribution in [2.75, 3.05) is 3.76 Å². The summed E-state index contributed by atoms with van der Waals surface area (Å²) in [6.45, 7) is 0. The molecule has 0 rings (SSSR count). The SMILES string of the molecule is ICSI. The van der Waals surface area contributed by atoms with Gasteiger partial charge in [-0.1, -0.05) is 31.5 Å². The van der Waals surface area contributed by atoms with E-state index in [1.54, 1.807) is 0 Å². The maximum absolute atomic E-state index is 2.31. The largest absolute Gasteiger partial charge is 0.0786 e. The van der Waals surface area contributed by atoms with Crippen LogP contribution in [0.2, 0.25) is 0 Å². The first kappa shape index (κ1) is 5.81. The van der Waals surface area contributed by atoms with E-state index in [1.165, 1.54) is 3.76 Å². The second kappa shape index (κ2) is 4.81. The molecule has 4 heavy (non-hydrogen) atoms. The summed E-state index contributed by atoms with van der Waals surface area (Å²) in [5.41, 5.74) is 0. The highest BCUT2D eigenvalue weighted by Gasteiger charge is 1.60. The zero-order chi connectivity index (χ0) is 3.41. The fourth-order valence-corrected chi connectivity index (χ4v) is 0. The van der Waals surface area contributed by atoms with Crippen LogP contribution in [0.1, 0.15) is 0 Å². The van der Waals surface area contributed by atoms with Gasteiger partial charge in [-0.2, -0.15) is 0 Å². The third kappa shape index (κ3) is 3.81. The van der Waals surface area contributed by atoms with Gasteiger partial charge in [0.15, 0.2) is 0 Å². The highest BCUT2D eigenvalue weighted by molar-refractivity contribution is 14.2. The van der Waals surface area contributed by atoms with Crippen LogP contribution < -0.4 is 0 Å². The van der Waals surface area contributed by atoms with E-state index in [0.29, 0.717) is 0 Å². The summed E-state index contributed by atoms with van der Waals surface area (Å²) in [5.74, 6) is 0. The summed E-state index contributed by atoms with van der Waals surface area (Å²) >= 11 is 4.57. The first-order chi connectivity index (χ1) is 1.91. The topological polar surface area (TPSA) is 0 Å². The van der Waals surface area contributed by atoms with Crippen LogP contribution in [0.5, 0.6) is 0 Å². The van der Waals surface area contributed by atoms with E-state index in [9.17, 15) is 0 Å². The Morgan fingerprint density at radius 1 is 1.75 bits per heavy atom. The van der Waals surface area contributed by atoms with Crippen LogP contribution in [0.15, 0.2) is 0 Å². The molecule has 0 saturated carbocycles. The molecule has 0 nitrogen and oxygen atoms in total. The molecule has 0 bridgehead atoms. The molecule has 0 N–H and O–H groups in total. The molecule has 0 spiro atoms. The summed E-state index contributed by atoms with van der Waals surface area (Å²) in [7, 11) is 1.81. The molecule has 0 atom stereocenters. The number of hydrogen-bond donors (Lipinski definition) is 0. The zero-order valence-corrected chi connectivity index (χ0v) is 7.00. The minimum absolute atomic E-state index is 1.19. The van der Waals surface area contributed by atoms with Crippen LogP contribution in [-0.4, -0.2) is 3.76 Å². The zero-order valence-electron chi connectivity index (χ0n) is 1.87. The normalized spacial score (nSPS) is 7.50. The van der Waals surface area contributed by atoms with Gasteiger partial charge in [0, 0.05) is 0 Å². The van der Waals surface area contributed by atoms with E-state index in [1.807, 2.05) is 8.93 Å². The highest BCUT2D eigenvalue weighted by atomic mass is 127. The summed E-state index contributed by atoms with van der Waals surface area (Å²) in [6.07, 6.45) is 0. The molecule has 0 aromatic rings. The Labute approximate surface area is 55.8 Å². The number of hydrogen-bond acceptors (Lipinski definition) is 1. The van der Waals surface area contributed by atoms with Crippen LogP contribution in [0.25, 0.3) is 0 Å². The predicted octanol–water partition coefficient (Wildman–Crippen LogP) is 2.46. The van der Waals surface area contributed by atoms with E-state index >= 15 is 0 Å². The summed E-state index contributed by atoms with van der Waals surface area (Å²) in [4.78, 5) is 0. The summed E-state index contributed by atoms with van der Waals surface area (Å²) in [6, 6.07) is 0. The van der Waals surface area contributed by atoms with Crippen LogP contribution in [0.4, 0.5) is 0 Å². The van der Waals surface area contributed by atoms with E-state index in [0.717, 1.165) is 0 Å². The molecule has 0 amide bonds. The van der Waals surface area contributed by atoms with Gasteiger partial charge in [0.05, 0.1) is 3.76 Å². The third-order valence-electron chi connectivity index (χ3n) is 0.0412. The van der Waals surface area contributed by atoms with Gasteiger partial charge in [-0.05, 0) is 21.2 Å². The quantitative estimate of drug-likeness (QED) is 0.529. The highest BCUT2D eigenvalue weighted by Crippen LogP contribution is 2.12. The lowest BCUT2D eigenvalue weighted by Gasteiger charge is -1.64. The molecule has 0 unspecified atom stereocenters. The van der Waals surface area contributed by atoms with Crippen molar-refractivity contribution in [3.8, 4) is 0 Å². The monoisotopic (exact) mass is 300 g/mol. The molecule has 0 fully saturated rings. The Morgan fingerprint density at radius 2 is 2.00 bits per heavy atom.